The average molecular weight is 401 g/mol. The van der Waals surface area contributed by atoms with Crippen LogP contribution in [0.1, 0.15) is 33.3 Å². The van der Waals surface area contributed by atoms with Gasteiger partial charge in [0.25, 0.3) is 0 Å². The average Bonchev–Trinajstić information content (AvgIpc) is 2.70. The van der Waals surface area contributed by atoms with Gasteiger partial charge in [0.15, 0.2) is 0 Å². The number of rotatable bonds is 5. The first kappa shape index (κ1) is 22.4. The van der Waals surface area contributed by atoms with E-state index in [1.165, 1.54) is 16.6 Å². The van der Waals surface area contributed by atoms with Crippen LogP contribution in [0.15, 0.2) is 47.2 Å². The molecular weight excluding hydrogens is 363 g/mol. The van der Waals surface area contributed by atoms with E-state index in [2.05, 4.69) is 109 Å². The Morgan fingerprint density at radius 2 is 1.22 bits per heavy atom. The molecule has 0 spiro atoms. The molecule has 0 amide bonds. The van der Waals surface area contributed by atoms with Gasteiger partial charge in [0.05, 0.1) is 27.3 Å². The SMILES string of the molecule is CC1(C)OB(C(=C\[Si](C)(C)C)/C(=C/[Si](C)(C)C)c2ccccc2)OC1(C)C. The highest BCUT2D eigenvalue weighted by atomic mass is 28.3. The van der Waals surface area contributed by atoms with Crippen LogP contribution < -0.4 is 0 Å². The molecule has 0 aliphatic carbocycles. The van der Waals surface area contributed by atoms with Crippen LogP contribution in [-0.2, 0) is 9.31 Å². The minimum atomic E-state index is -1.50. The highest BCUT2D eigenvalue weighted by Gasteiger charge is 2.53. The minimum Gasteiger partial charge on any atom is -0.399 e. The Morgan fingerprint density at radius 3 is 1.63 bits per heavy atom. The lowest BCUT2D eigenvalue weighted by atomic mass is 9.73. The summed E-state index contributed by atoms with van der Waals surface area (Å²) in [5.74, 6) is 0. The van der Waals surface area contributed by atoms with Crippen molar-refractivity contribution in [2.45, 2.75) is 78.2 Å². The molecule has 1 saturated heterocycles. The van der Waals surface area contributed by atoms with Crippen molar-refractivity contribution in [3.63, 3.8) is 0 Å². The Balaban J connectivity index is 2.65. The van der Waals surface area contributed by atoms with Gasteiger partial charge in [-0.25, -0.2) is 0 Å². The lowest BCUT2D eigenvalue weighted by Crippen LogP contribution is -2.41. The van der Waals surface area contributed by atoms with Crippen molar-refractivity contribution < 1.29 is 9.31 Å². The summed E-state index contributed by atoms with van der Waals surface area (Å²) in [6.07, 6.45) is 0. The molecule has 1 aromatic rings. The summed E-state index contributed by atoms with van der Waals surface area (Å²) in [5.41, 5.74) is 8.04. The first-order valence-corrected chi connectivity index (χ1v) is 17.1. The van der Waals surface area contributed by atoms with E-state index in [9.17, 15) is 0 Å². The number of hydrogen-bond donors (Lipinski definition) is 0. The van der Waals surface area contributed by atoms with Gasteiger partial charge in [-0.1, -0.05) is 81.0 Å². The van der Waals surface area contributed by atoms with Gasteiger partial charge in [-0.2, -0.15) is 0 Å². The third kappa shape index (κ3) is 5.80. The van der Waals surface area contributed by atoms with Crippen molar-refractivity contribution in [3.8, 4) is 0 Å². The second kappa shape index (κ2) is 7.51. The summed E-state index contributed by atoms with van der Waals surface area (Å²) in [6, 6.07) is 10.7. The molecule has 5 heteroatoms. The van der Waals surface area contributed by atoms with E-state index in [1.54, 1.807) is 0 Å². The van der Waals surface area contributed by atoms with Crippen LogP contribution in [-0.4, -0.2) is 34.5 Å². The number of benzene rings is 1. The van der Waals surface area contributed by atoms with Gasteiger partial charge < -0.3 is 9.31 Å². The van der Waals surface area contributed by atoms with Crippen LogP contribution >= 0.6 is 0 Å². The second-order valence-corrected chi connectivity index (χ2v) is 20.9. The molecule has 0 unspecified atom stereocenters. The monoisotopic (exact) mass is 400 g/mol. The molecule has 1 heterocycles. The summed E-state index contributed by atoms with van der Waals surface area (Å²) < 4.78 is 13.0. The van der Waals surface area contributed by atoms with Gasteiger partial charge in [-0.15, -0.1) is 0 Å². The van der Waals surface area contributed by atoms with Gasteiger partial charge in [-0.3, -0.25) is 0 Å². The van der Waals surface area contributed by atoms with Crippen molar-refractivity contribution in [1.82, 2.24) is 0 Å². The first-order valence-electron chi connectivity index (χ1n) is 9.98. The normalized spacial score (nSPS) is 20.9. The summed E-state index contributed by atoms with van der Waals surface area (Å²) in [4.78, 5) is 0. The highest BCUT2D eigenvalue weighted by molar-refractivity contribution is 6.84. The predicted octanol–water partition coefficient (Wildman–Crippen LogP) is 6.38. The topological polar surface area (TPSA) is 18.5 Å². The molecule has 0 aromatic heterocycles. The van der Waals surface area contributed by atoms with E-state index in [0.717, 1.165) is 0 Å². The zero-order chi connectivity index (χ0) is 20.7. The molecule has 0 radical (unpaired) electrons. The summed E-state index contributed by atoms with van der Waals surface area (Å²) in [5, 5.41) is 0. The fourth-order valence-corrected chi connectivity index (χ4v) is 5.52. The van der Waals surface area contributed by atoms with Gasteiger partial charge in [0.2, 0.25) is 0 Å². The second-order valence-electron chi connectivity index (χ2n) is 10.8. The predicted molar refractivity (Wildman–Crippen MR) is 125 cm³/mol. The highest BCUT2D eigenvalue weighted by Crippen LogP contribution is 2.42. The largest absolute Gasteiger partial charge is 0.494 e. The molecule has 1 fully saturated rings. The van der Waals surface area contributed by atoms with Gasteiger partial charge in [0.1, 0.15) is 0 Å². The fourth-order valence-electron chi connectivity index (χ4n) is 3.09. The van der Waals surface area contributed by atoms with Crippen LogP contribution in [0.5, 0.6) is 0 Å². The molecule has 1 aliphatic heterocycles. The fraction of sp³-hybridized carbons (Fsp3) is 0.545. The Kier molecular flexibility index (Phi) is 6.23. The Morgan fingerprint density at radius 1 is 0.778 bits per heavy atom. The molecule has 0 saturated carbocycles. The first-order chi connectivity index (χ1) is 12.1. The van der Waals surface area contributed by atoms with Crippen LogP contribution in [0.4, 0.5) is 0 Å². The Labute approximate surface area is 169 Å². The van der Waals surface area contributed by atoms with Crippen molar-refractivity contribution in [2.24, 2.45) is 0 Å². The van der Waals surface area contributed by atoms with Crippen LogP contribution in [0.3, 0.4) is 0 Å². The Bertz CT molecular complexity index is 707. The molecule has 2 rings (SSSR count). The van der Waals surface area contributed by atoms with E-state index in [4.69, 9.17) is 9.31 Å². The summed E-state index contributed by atoms with van der Waals surface area (Å²) in [6.45, 7) is 22.8. The van der Waals surface area contributed by atoms with Crippen LogP contribution in [0, 0.1) is 0 Å². The van der Waals surface area contributed by atoms with Crippen molar-refractivity contribution in [2.75, 3.05) is 0 Å². The maximum absolute atomic E-state index is 6.50. The summed E-state index contributed by atoms with van der Waals surface area (Å²) >= 11 is 0. The van der Waals surface area contributed by atoms with Crippen LogP contribution in [0.25, 0.3) is 5.57 Å². The molecule has 0 N–H and O–H groups in total. The molecule has 2 nitrogen and oxygen atoms in total. The maximum atomic E-state index is 6.50. The van der Waals surface area contributed by atoms with Crippen molar-refractivity contribution in [1.29, 1.82) is 0 Å². The molecule has 1 aliphatic rings. The molecule has 0 bridgehead atoms. The van der Waals surface area contributed by atoms with Crippen LogP contribution in [0.2, 0.25) is 39.3 Å². The van der Waals surface area contributed by atoms with E-state index in [-0.39, 0.29) is 18.3 Å². The molecule has 148 valence electrons. The van der Waals surface area contributed by atoms with E-state index >= 15 is 0 Å². The van der Waals surface area contributed by atoms with Crippen molar-refractivity contribution >= 4 is 28.8 Å². The molecule has 1 aromatic carbocycles. The zero-order valence-electron chi connectivity index (χ0n) is 18.9. The number of hydrogen-bond acceptors (Lipinski definition) is 2. The van der Waals surface area contributed by atoms with Crippen molar-refractivity contribution in [3.05, 3.63) is 52.8 Å². The smallest absolute Gasteiger partial charge is 0.399 e. The van der Waals surface area contributed by atoms with Gasteiger partial charge in [0, 0.05) is 0 Å². The standard InChI is InChI=1S/C22H37BO2Si2/c1-21(2)22(3,4)25-23(24-21)20(17-27(8,9)10)19(16-26(5,6)7)18-14-12-11-13-15-18/h11-17H,1-10H3/b19-16+,20-17-. The quantitative estimate of drug-likeness (QED) is 0.422. The van der Waals surface area contributed by atoms with E-state index in [1.807, 2.05) is 0 Å². The van der Waals surface area contributed by atoms with E-state index < -0.39 is 16.1 Å². The number of allylic oxidation sites excluding steroid dienone is 2. The lowest BCUT2D eigenvalue weighted by Gasteiger charge is -2.32. The third-order valence-corrected chi connectivity index (χ3v) is 7.40. The minimum absolute atomic E-state index is 0.329. The van der Waals surface area contributed by atoms with Gasteiger partial charge >= 0.3 is 7.12 Å². The third-order valence-electron chi connectivity index (χ3n) is 5.07. The zero-order valence-corrected chi connectivity index (χ0v) is 20.9. The molecule has 27 heavy (non-hydrogen) atoms. The van der Waals surface area contributed by atoms with Gasteiger partial charge in [-0.05, 0) is 44.3 Å². The summed E-state index contributed by atoms with van der Waals surface area (Å²) in [7, 11) is -3.29. The van der Waals surface area contributed by atoms with E-state index in [0.29, 0.717) is 0 Å². The Hall–Kier alpha value is -0.881. The molecule has 0 atom stereocenters. The molecular formula is C22H37BO2Si2. The maximum Gasteiger partial charge on any atom is 0.494 e. The lowest BCUT2D eigenvalue weighted by molar-refractivity contribution is 0.00578.